The van der Waals surface area contributed by atoms with Gasteiger partial charge in [0, 0.05) is 14.1 Å². The van der Waals surface area contributed by atoms with E-state index in [-0.39, 0.29) is 18.9 Å². The number of nitrogen functional groups attached to an aromatic ring is 1. The Balaban J connectivity index is 2.54. The highest BCUT2D eigenvalue weighted by Crippen LogP contribution is 2.22. The number of nitrogens with zero attached hydrogens (tertiary/aromatic N) is 1. The van der Waals surface area contributed by atoms with Crippen LogP contribution in [0, 0.1) is 0 Å². The molecule has 1 rings (SSSR count). The Kier molecular flexibility index (Phi) is 5.17. The van der Waals surface area contributed by atoms with Gasteiger partial charge in [0.15, 0.2) is 0 Å². The molecule has 1 amide bonds. The molecule has 0 aliphatic heterocycles. The fourth-order valence-corrected chi connectivity index (χ4v) is 1.40. The lowest BCUT2D eigenvalue weighted by atomic mass is 10.2. The number of carbonyl (C=O) groups is 2. The average molecular weight is 266 g/mol. The van der Waals surface area contributed by atoms with Crippen molar-refractivity contribution in [1.29, 1.82) is 0 Å². The number of esters is 1. The van der Waals surface area contributed by atoms with Crippen LogP contribution in [0.2, 0.25) is 0 Å². The molecule has 0 heterocycles. The summed E-state index contributed by atoms with van der Waals surface area (Å²) in [5, 5.41) is 0. The third-order valence-electron chi connectivity index (χ3n) is 2.51. The maximum atomic E-state index is 11.7. The first-order chi connectivity index (χ1) is 8.95. The molecule has 0 aliphatic rings. The number of amides is 1. The Morgan fingerprint density at radius 3 is 2.53 bits per heavy atom. The molecule has 6 nitrogen and oxygen atoms in total. The van der Waals surface area contributed by atoms with Gasteiger partial charge in [-0.25, -0.2) is 4.79 Å². The van der Waals surface area contributed by atoms with E-state index in [4.69, 9.17) is 15.2 Å². The highest BCUT2D eigenvalue weighted by Gasteiger charge is 2.11. The van der Waals surface area contributed by atoms with Gasteiger partial charge in [0.25, 0.3) is 0 Å². The van der Waals surface area contributed by atoms with Crippen molar-refractivity contribution in [2.75, 3.05) is 33.5 Å². The summed E-state index contributed by atoms with van der Waals surface area (Å²) in [5.41, 5.74) is 6.38. The zero-order valence-corrected chi connectivity index (χ0v) is 11.3. The lowest BCUT2D eigenvalue weighted by molar-refractivity contribution is -0.129. The van der Waals surface area contributed by atoms with E-state index in [0.29, 0.717) is 17.0 Å². The van der Waals surface area contributed by atoms with Crippen molar-refractivity contribution >= 4 is 17.6 Å². The molecule has 0 aliphatic carbocycles. The van der Waals surface area contributed by atoms with Crippen LogP contribution in [-0.2, 0) is 9.53 Å². The van der Waals surface area contributed by atoms with Crippen molar-refractivity contribution in [3.05, 3.63) is 23.8 Å². The minimum absolute atomic E-state index is 0.0434. The average Bonchev–Trinajstić information content (AvgIpc) is 2.38. The fraction of sp³-hybridized carbons (Fsp3) is 0.385. The largest absolute Gasteiger partial charge is 0.495 e. The van der Waals surface area contributed by atoms with Gasteiger partial charge >= 0.3 is 5.97 Å². The lowest BCUT2D eigenvalue weighted by Crippen LogP contribution is -2.23. The standard InChI is InChI=1S/C13H18N2O4/c1-15(2)12(16)6-7-19-13(17)9-4-5-11(18-3)10(14)8-9/h4-5,8H,6-7,14H2,1-3H3. The molecule has 0 saturated heterocycles. The van der Waals surface area contributed by atoms with Crippen LogP contribution in [0.4, 0.5) is 5.69 Å². The van der Waals surface area contributed by atoms with Gasteiger partial charge in [0.2, 0.25) is 5.91 Å². The van der Waals surface area contributed by atoms with Crippen molar-refractivity contribution in [3.8, 4) is 5.75 Å². The molecule has 0 radical (unpaired) electrons. The molecule has 0 fully saturated rings. The number of nitrogens with two attached hydrogens (primary N) is 1. The summed E-state index contributed by atoms with van der Waals surface area (Å²) in [5.74, 6) is -0.109. The van der Waals surface area contributed by atoms with E-state index in [1.165, 1.54) is 18.1 Å². The number of ether oxygens (including phenoxy) is 2. The van der Waals surface area contributed by atoms with Crippen LogP contribution in [0.1, 0.15) is 16.8 Å². The number of carbonyl (C=O) groups excluding carboxylic acids is 2. The molecule has 104 valence electrons. The van der Waals surface area contributed by atoms with Crippen molar-refractivity contribution in [2.24, 2.45) is 0 Å². The number of hydrogen-bond donors (Lipinski definition) is 1. The maximum absolute atomic E-state index is 11.7. The van der Waals surface area contributed by atoms with Crippen LogP contribution in [0.5, 0.6) is 5.75 Å². The first-order valence-corrected chi connectivity index (χ1v) is 5.76. The Morgan fingerprint density at radius 2 is 2.00 bits per heavy atom. The van der Waals surface area contributed by atoms with Gasteiger partial charge in [-0.1, -0.05) is 0 Å². The van der Waals surface area contributed by atoms with Gasteiger partial charge in [0.05, 0.1) is 24.8 Å². The molecule has 6 heteroatoms. The minimum atomic E-state index is -0.513. The summed E-state index contributed by atoms with van der Waals surface area (Å²) >= 11 is 0. The lowest BCUT2D eigenvalue weighted by Gasteiger charge is -2.10. The zero-order valence-electron chi connectivity index (χ0n) is 11.3. The molecule has 19 heavy (non-hydrogen) atoms. The van der Waals surface area contributed by atoms with E-state index >= 15 is 0 Å². The predicted molar refractivity (Wildman–Crippen MR) is 71.0 cm³/mol. The van der Waals surface area contributed by atoms with Crippen LogP contribution in [0.3, 0.4) is 0 Å². The van der Waals surface area contributed by atoms with E-state index in [0.717, 1.165) is 0 Å². The second-order valence-electron chi connectivity index (χ2n) is 4.13. The van der Waals surface area contributed by atoms with Crippen LogP contribution in [0.25, 0.3) is 0 Å². The third kappa shape index (κ3) is 4.17. The smallest absolute Gasteiger partial charge is 0.338 e. The Hall–Kier alpha value is -2.24. The van der Waals surface area contributed by atoms with Gasteiger partial charge < -0.3 is 20.1 Å². The highest BCUT2D eigenvalue weighted by atomic mass is 16.5. The van der Waals surface area contributed by atoms with Crippen molar-refractivity contribution in [3.63, 3.8) is 0 Å². The molecule has 2 N–H and O–H groups in total. The highest BCUT2D eigenvalue weighted by molar-refractivity contribution is 5.91. The van der Waals surface area contributed by atoms with Crippen LogP contribution >= 0.6 is 0 Å². The Labute approximate surface area is 112 Å². The number of benzene rings is 1. The molecule has 1 aromatic rings. The van der Waals surface area contributed by atoms with E-state index in [9.17, 15) is 9.59 Å². The predicted octanol–water partition coefficient (Wildman–Crippen LogP) is 0.913. The van der Waals surface area contributed by atoms with Crippen molar-refractivity contribution in [2.45, 2.75) is 6.42 Å². The molecule has 0 saturated carbocycles. The first-order valence-electron chi connectivity index (χ1n) is 5.76. The van der Waals surface area contributed by atoms with E-state index in [1.54, 1.807) is 26.2 Å². The molecular weight excluding hydrogens is 248 g/mol. The Bertz CT molecular complexity index is 472. The van der Waals surface area contributed by atoms with Gasteiger partial charge in [-0.2, -0.15) is 0 Å². The number of rotatable bonds is 5. The van der Waals surface area contributed by atoms with Crippen LogP contribution in [0.15, 0.2) is 18.2 Å². The second-order valence-corrected chi connectivity index (χ2v) is 4.13. The summed E-state index contributed by atoms with van der Waals surface area (Å²) in [7, 11) is 4.79. The number of anilines is 1. The zero-order chi connectivity index (χ0) is 14.4. The monoisotopic (exact) mass is 266 g/mol. The van der Waals surface area contributed by atoms with E-state index < -0.39 is 5.97 Å². The van der Waals surface area contributed by atoms with Gasteiger partial charge in [-0.05, 0) is 18.2 Å². The maximum Gasteiger partial charge on any atom is 0.338 e. The molecule has 0 atom stereocenters. The van der Waals surface area contributed by atoms with Gasteiger partial charge in [-0.3, -0.25) is 4.79 Å². The summed E-state index contributed by atoms with van der Waals surface area (Å²) in [4.78, 5) is 24.4. The summed E-state index contributed by atoms with van der Waals surface area (Å²) in [6, 6.07) is 4.64. The first kappa shape index (κ1) is 14.8. The summed E-state index contributed by atoms with van der Waals surface area (Å²) in [6.45, 7) is 0.0434. The third-order valence-corrected chi connectivity index (χ3v) is 2.51. The summed E-state index contributed by atoms with van der Waals surface area (Å²) in [6.07, 6.45) is 0.157. The molecule has 0 aromatic heterocycles. The Morgan fingerprint density at radius 1 is 1.32 bits per heavy atom. The molecule has 0 bridgehead atoms. The molecular formula is C13H18N2O4. The van der Waals surface area contributed by atoms with E-state index in [2.05, 4.69) is 0 Å². The molecule has 1 aromatic carbocycles. The van der Waals surface area contributed by atoms with Gasteiger partial charge in [0.1, 0.15) is 12.4 Å². The topological polar surface area (TPSA) is 81.9 Å². The SMILES string of the molecule is COc1ccc(C(=O)OCCC(=O)N(C)C)cc1N. The number of methoxy groups -OCH3 is 1. The summed E-state index contributed by atoms with van der Waals surface area (Å²) < 4.78 is 9.99. The molecule has 0 spiro atoms. The fourth-order valence-electron chi connectivity index (χ4n) is 1.40. The van der Waals surface area contributed by atoms with Crippen LogP contribution < -0.4 is 10.5 Å². The quantitative estimate of drug-likeness (QED) is 0.633. The van der Waals surface area contributed by atoms with Crippen molar-refractivity contribution in [1.82, 2.24) is 4.90 Å². The second kappa shape index (κ2) is 6.63. The van der Waals surface area contributed by atoms with Crippen molar-refractivity contribution < 1.29 is 19.1 Å². The van der Waals surface area contributed by atoms with Crippen LogP contribution in [-0.4, -0.2) is 44.6 Å². The van der Waals surface area contributed by atoms with E-state index in [1.807, 2.05) is 0 Å². The number of hydrogen-bond acceptors (Lipinski definition) is 5. The molecule has 0 unspecified atom stereocenters. The minimum Gasteiger partial charge on any atom is -0.495 e. The van der Waals surface area contributed by atoms with Gasteiger partial charge in [-0.15, -0.1) is 0 Å². The normalized spacial score (nSPS) is 9.84.